The van der Waals surface area contributed by atoms with Crippen molar-refractivity contribution in [3.05, 3.63) is 83.2 Å². The van der Waals surface area contributed by atoms with Crippen molar-refractivity contribution in [3.63, 3.8) is 0 Å². The summed E-state index contributed by atoms with van der Waals surface area (Å²) in [5, 5.41) is 4.38. The lowest BCUT2D eigenvalue weighted by molar-refractivity contribution is 0.252. The minimum absolute atomic E-state index is 0.515. The Hall–Kier alpha value is -2.63. The molecule has 5 nitrogen and oxygen atoms in total. The molecule has 0 unspecified atom stereocenters. The van der Waals surface area contributed by atoms with E-state index in [9.17, 15) is 0 Å². The quantitative estimate of drug-likeness (QED) is 0.634. The minimum Gasteiger partial charge on any atom is -0.497 e. The fraction of sp³-hybridized carbons (Fsp3) is 0.318. The van der Waals surface area contributed by atoms with Gasteiger partial charge in [0.2, 0.25) is 0 Å². The SMILES string of the molecule is COc1ccc(CCN(Cc2ccccc2)Cc2c(CN)cnn2C)cc1. The van der Waals surface area contributed by atoms with Crippen LogP contribution in [0.15, 0.2) is 60.8 Å². The molecular formula is C22H28N4O. The Morgan fingerprint density at radius 3 is 2.41 bits per heavy atom. The first-order chi connectivity index (χ1) is 13.2. The predicted octanol–water partition coefficient (Wildman–Crippen LogP) is 3.13. The van der Waals surface area contributed by atoms with Crippen LogP contribution in [-0.2, 0) is 33.1 Å². The number of nitrogens with two attached hydrogens (primary N) is 1. The summed E-state index contributed by atoms with van der Waals surface area (Å²) < 4.78 is 7.19. The first-order valence-corrected chi connectivity index (χ1v) is 9.28. The van der Waals surface area contributed by atoms with Gasteiger partial charge in [0.15, 0.2) is 0 Å². The number of aromatic nitrogens is 2. The number of benzene rings is 2. The number of hydrogen-bond acceptors (Lipinski definition) is 4. The van der Waals surface area contributed by atoms with Gasteiger partial charge in [0.05, 0.1) is 19.0 Å². The molecular weight excluding hydrogens is 336 g/mol. The van der Waals surface area contributed by atoms with Gasteiger partial charge < -0.3 is 10.5 Å². The van der Waals surface area contributed by atoms with E-state index >= 15 is 0 Å². The number of nitrogens with zero attached hydrogens (tertiary/aromatic N) is 3. The van der Waals surface area contributed by atoms with Gasteiger partial charge in [-0.05, 0) is 29.7 Å². The summed E-state index contributed by atoms with van der Waals surface area (Å²) in [4.78, 5) is 2.45. The zero-order valence-electron chi connectivity index (χ0n) is 16.1. The van der Waals surface area contributed by atoms with Crippen LogP contribution in [-0.4, -0.2) is 28.3 Å². The molecule has 1 aromatic heterocycles. The van der Waals surface area contributed by atoms with Crippen LogP contribution in [0.3, 0.4) is 0 Å². The zero-order chi connectivity index (χ0) is 19.1. The van der Waals surface area contributed by atoms with Gasteiger partial charge in [-0.3, -0.25) is 9.58 Å². The average molecular weight is 364 g/mol. The molecule has 5 heteroatoms. The summed E-state index contributed by atoms with van der Waals surface area (Å²) in [7, 11) is 3.68. The summed E-state index contributed by atoms with van der Waals surface area (Å²) in [6, 6.07) is 18.9. The van der Waals surface area contributed by atoms with Crippen LogP contribution in [0.2, 0.25) is 0 Å². The maximum Gasteiger partial charge on any atom is 0.118 e. The number of rotatable bonds is 9. The van der Waals surface area contributed by atoms with E-state index in [1.807, 2.05) is 30.1 Å². The first kappa shape index (κ1) is 19.1. The Balaban J connectivity index is 1.73. The van der Waals surface area contributed by atoms with Crippen molar-refractivity contribution in [1.29, 1.82) is 0 Å². The highest BCUT2D eigenvalue weighted by Gasteiger charge is 2.13. The van der Waals surface area contributed by atoms with Gasteiger partial charge in [-0.2, -0.15) is 5.10 Å². The molecule has 2 aromatic carbocycles. The van der Waals surface area contributed by atoms with Crippen molar-refractivity contribution in [2.45, 2.75) is 26.1 Å². The highest BCUT2D eigenvalue weighted by atomic mass is 16.5. The molecule has 0 saturated carbocycles. The molecule has 0 spiro atoms. The highest BCUT2D eigenvalue weighted by molar-refractivity contribution is 5.27. The second-order valence-corrected chi connectivity index (χ2v) is 6.74. The van der Waals surface area contributed by atoms with Crippen LogP contribution in [0, 0.1) is 0 Å². The fourth-order valence-corrected chi connectivity index (χ4v) is 3.23. The van der Waals surface area contributed by atoms with E-state index in [4.69, 9.17) is 10.5 Å². The molecule has 2 N–H and O–H groups in total. The van der Waals surface area contributed by atoms with Gasteiger partial charge >= 0.3 is 0 Å². The fourth-order valence-electron chi connectivity index (χ4n) is 3.23. The molecule has 0 aliphatic heterocycles. The van der Waals surface area contributed by atoms with Crippen molar-refractivity contribution < 1.29 is 4.74 Å². The largest absolute Gasteiger partial charge is 0.497 e. The van der Waals surface area contributed by atoms with Crippen molar-refractivity contribution in [2.24, 2.45) is 12.8 Å². The van der Waals surface area contributed by atoms with Crippen molar-refractivity contribution in [1.82, 2.24) is 14.7 Å². The Kier molecular flexibility index (Phi) is 6.63. The molecule has 142 valence electrons. The molecule has 0 atom stereocenters. The van der Waals surface area contributed by atoms with Gasteiger partial charge in [-0.15, -0.1) is 0 Å². The topological polar surface area (TPSA) is 56.3 Å². The van der Waals surface area contributed by atoms with Crippen LogP contribution in [0.5, 0.6) is 5.75 Å². The molecule has 0 bridgehead atoms. The van der Waals surface area contributed by atoms with Crippen molar-refractivity contribution >= 4 is 0 Å². The first-order valence-electron chi connectivity index (χ1n) is 9.28. The molecule has 0 aliphatic carbocycles. The van der Waals surface area contributed by atoms with E-state index < -0.39 is 0 Å². The highest BCUT2D eigenvalue weighted by Crippen LogP contribution is 2.16. The summed E-state index contributed by atoms with van der Waals surface area (Å²) in [6.45, 7) is 3.19. The summed E-state index contributed by atoms with van der Waals surface area (Å²) in [5.74, 6) is 0.891. The maximum atomic E-state index is 5.90. The van der Waals surface area contributed by atoms with E-state index in [0.717, 1.165) is 37.4 Å². The van der Waals surface area contributed by atoms with Crippen LogP contribution in [0.25, 0.3) is 0 Å². The predicted molar refractivity (Wildman–Crippen MR) is 108 cm³/mol. The standard InChI is InChI=1S/C22H28N4O/c1-25-22(20(14-23)15-24-25)17-26(16-19-6-4-3-5-7-19)13-12-18-8-10-21(27-2)11-9-18/h3-11,15H,12-14,16-17,23H2,1-2H3. The van der Waals surface area contributed by atoms with E-state index in [1.54, 1.807) is 7.11 Å². The summed E-state index contributed by atoms with van der Waals surface area (Å²) in [6.07, 6.45) is 2.85. The minimum atomic E-state index is 0.515. The van der Waals surface area contributed by atoms with E-state index in [0.29, 0.717) is 6.54 Å². The molecule has 0 fully saturated rings. The number of methoxy groups -OCH3 is 1. The second kappa shape index (κ2) is 9.35. The van der Waals surface area contributed by atoms with E-state index in [-0.39, 0.29) is 0 Å². The summed E-state index contributed by atoms with van der Waals surface area (Å²) >= 11 is 0. The van der Waals surface area contributed by atoms with Gasteiger partial charge in [0.25, 0.3) is 0 Å². The van der Waals surface area contributed by atoms with Gasteiger partial charge in [0, 0.05) is 38.8 Å². The molecule has 0 amide bonds. The molecule has 1 heterocycles. The third-order valence-electron chi connectivity index (χ3n) is 4.87. The van der Waals surface area contributed by atoms with E-state index in [2.05, 4.69) is 52.5 Å². The van der Waals surface area contributed by atoms with Gasteiger partial charge in [-0.1, -0.05) is 42.5 Å². The van der Waals surface area contributed by atoms with Gasteiger partial charge in [0.1, 0.15) is 5.75 Å². The van der Waals surface area contributed by atoms with Crippen molar-refractivity contribution in [3.8, 4) is 5.75 Å². The lowest BCUT2D eigenvalue weighted by atomic mass is 10.1. The normalized spacial score (nSPS) is 11.1. The smallest absolute Gasteiger partial charge is 0.118 e. The maximum absolute atomic E-state index is 5.90. The average Bonchev–Trinajstić information content (AvgIpc) is 3.07. The second-order valence-electron chi connectivity index (χ2n) is 6.74. The molecule has 3 aromatic rings. The molecule has 0 aliphatic rings. The van der Waals surface area contributed by atoms with Crippen LogP contribution in [0.1, 0.15) is 22.4 Å². The van der Waals surface area contributed by atoms with Crippen LogP contribution in [0.4, 0.5) is 0 Å². The van der Waals surface area contributed by atoms with Crippen LogP contribution >= 0.6 is 0 Å². The lowest BCUT2D eigenvalue weighted by Crippen LogP contribution is -2.27. The Morgan fingerprint density at radius 2 is 1.74 bits per heavy atom. The summed E-state index contributed by atoms with van der Waals surface area (Å²) in [5.41, 5.74) is 10.8. The van der Waals surface area contributed by atoms with E-state index in [1.165, 1.54) is 16.8 Å². The third-order valence-corrected chi connectivity index (χ3v) is 4.87. The molecule has 0 saturated heterocycles. The molecule has 0 radical (unpaired) electrons. The number of aryl methyl sites for hydroxylation is 1. The Labute approximate surface area is 161 Å². The Bertz CT molecular complexity index is 827. The molecule has 3 rings (SSSR count). The lowest BCUT2D eigenvalue weighted by Gasteiger charge is -2.23. The van der Waals surface area contributed by atoms with Gasteiger partial charge in [-0.25, -0.2) is 0 Å². The molecule has 27 heavy (non-hydrogen) atoms. The zero-order valence-corrected chi connectivity index (χ0v) is 16.1. The van der Waals surface area contributed by atoms with Crippen molar-refractivity contribution in [2.75, 3.05) is 13.7 Å². The van der Waals surface area contributed by atoms with Crippen LogP contribution < -0.4 is 10.5 Å². The Morgan fingerprint density at radius 1 is 1.00 bits per heavy atom. The monoisotopic (exact) mass is 364 g/mol. The number of hydrogen-bond donors (Lipinski definition) is 1. The third kappa shape index (κ3) is 5.18. The number of ether oxygens (including phenoxy) is 1.